The van der Waals surface area contributed by atoms with Crippen LogP contribution in [0.2, 0.25) is 5.02 Å². The van der Waals surface area contributed by atoms with Gasteiger partial charge in [0.1, 0.15) is 0 Å². The lowest BCUT2D eigenvalue weighted by Crippen LogP contribution is -2.36. The van der Waals surface area contributed by atoms with Crippen LogP contribution in [0.3, 0.4) is 0 Å². The molecule has 4 rings (SSSR count). The van der Waals surface area contributed by atoms with Crippen molar-refractivity contribution in [3.05, 3.63) is 57.9 Å². The Kier molecular flexibility index (Phi) is 3.54. The molecule has 0 bridgehead atoms. The highest BCUT2D eigenvalue weighted by molar-refractivity contribution is 7.21. The molecule has 0 atom stereocenters. The maximum absolute atomic E-state index is 12.6. The predicted molar refractivity (Wildman–Crippen MR) is 97.5 cm³/mol. The number of thiophene rings is 1. The molecule has 0 unspecified atom stereocenters. The van der Waals surface area contributed by atoms with E-state index >= 15 is 0 Å². The smallest absolute Gasteiger partial charge is 0.266 e. The standard InChI is InChI=1S/C16H10ClN3OS2/c17-10-1-4-13-9(5-10)6-15(23-13)16(21)20(18)11-2-3-12-14(7-11)22-8-19-12/h1-8H,18H2. The second-order valence-electron chi connectivity index (χ2n) is 4.97. The van der Waals surface area contributed by atoms with Crippen LogP contribution in [0, 0.1) is 0 Å². The maximum Gasteiger partial charge on any atom is 0.282 e. The zero-order chi connectivity index (χ0) is 16.0. The molecule has 4 aromatic rings. The molecule has 23 heavy (non-hydrogen) atoms. The quantitative estimate of drug-likeness (QED) is 0.321. The molecule has 114 valence electrons. The Morgan fingerprint density at radius 1 is 1.13 bits per heavy atom. The van der Waals surface area contributed by atoms with Gasteiger partial charge in [-0.3, -0.25) is 4.79 Å². The van der Waals surface area contributed by atoms with Gasteiger partial charge in [0.2, 0.25) is 0 Å². The SMILES string of the molecule is NN(C(=O)c1cc2cc(Cl)ccc2s1)c1ccc2ncsc2c1. The number of nitrogens with zero attached hydrogens (tertiary/aromatic N) is 2. The molecule has 0 saturated carbocycles. The number of rotatable bonds is 2. The van der Waals surface area contributed by atoms with Crippen molar-refractivity contribution in [2.75, 3.05) is 5.01 Å². The fourth-order valence-electron chi connectivity index (χ4n) is 2.35. The minimum atomic E-state index is -0.244. The third kappa shape index (κ3) is 2.60. The summed E-state index contributed by atoms with van der Waals surface area (Å²) in [6.07, 6.45) is 0. The number of hydrogen-bond acceptors (Lipinski definition) is 5. The van der Waals surface area contributed by atoms with E-state index in [0.717, 1.165) is 20.3 Å². The van der Waals surface area contributed by atoms with E-state index in [4.69, 9.17) is 17.4 Å². The van der Waals surface area contributed by atoms with Crippen LogP contribution in [0.25, 0.3) is 20.3 Å². The number of anilines is 1. The summed E-state index contributed by atoms with van der Waals surface area (Å²) in [6.45, 7) is 0. The first-order valence-electron chi connectivity index (χ1n) is 6.73. The fraction of sp³-hybridized carbons (Fsp3) is 0. The largest absolute Gasteiger partial charge is 0.282 e. The summed E-state index contributed by atoms with van der Waals surface area (Å²) < 4.78 is 2.00. The lowest BCUT2D eigenvalue weighted by molar-refractivity contribution is 0.0991. The molecule has 7 heteroatoms. The summed E-state index contributed by atoms with van der Waals surface area (Å²) in [4.78, 5) is 17.4. The molecule has 0 saturated heterocycles. The van der Waals surface area contributed by atoms with Crippen LogP contribution >= 0.6 is 34.3 Å². The number of halogens is 1. The number of nitrogens with two attached hydrogens (primary N) is 1. The van der Waals surface area contributed by atoms with Gasteiger partial charge < -0.3 is 0 Å². The molecule has 0 aliphatic rings. The number of benzene rings is 2. The Morgan fingerprint density at radius 2 is 2.00 bits per heavy atom. The van der Waals surface area contributed by atoms with Gasteiger partial charge >= 0.3 is 0 Å². The molecule has 0 radical (unpaired) electrons. The number of carbonyl (C=O) groups excluding carboxylic acids is 1. The topological polar surface area (TPSA) is 59.2 Å². The van der Waals surface area contributed by atoms with Gasteiger partial charge in [0.25, 0.3) is 5.91 Å². The van der Waals surface area contributed by atoms with Crippen LogP contribution in [0.1, 0.15) is 9.67 Å². The number of thiazole rings is 1. The summed E-state index contributed by atoms with van der Waals surface area (Å²) in [5, 5.41) is 2.76. The number of hydrogen-bond donors (Lipinski definition) is 1. The van der Waals surface area contributed by atoms with Gasteiger partial charge in [-0.2, -0.15) is 0 Å². The fourth-order valence-corrected chi connectivity index (χ4v) is 4.22. The van der Waals surface area contributed by atoms with Crippen LogP contribution in [-0.2, 0) is 0 Å². The Balaban J connectivity index is 1.70. The first-order chi connectivity index (χ1) is 11.1. The minimum Gasteiger partial charge on any atom is -0.266 e. The van der Waals surface area contributed by atoms with Crippen molar-refractivity contribution in [1.29, 1.82) is 0 Å². The monoisotopic (exact) mass is 359 g/mol. The summed E-state index contributed by atoms with van der Waals surface area (Å²) in [7, 11) is 0. The van der Waals surface area contributed by atoms with Crippen LogP contribution in [0.4, 0.5) is 5.69 Å². The number of fused-ring (bicyclic) bond motifs is 2. The molecule has 2 aromatic carbocycles. The van der Waals surface area contributed by atoms with E-state index in [2.05, 4.69) is 4.98 Å². The zero-order valence-corrected chi connectivity index (χ0v) is 14.1. The average Bonchev–Trinajstić information content (AvgIpc) is 3.18. The highest BCUT2D eigenvalue weighted by Crippen LogP contribution is 2.30. The van der Waals surface area contributed by atoms with E-state index in [1.54, 1.807) is 11.6 Å². The number of amides is 1. The lowest BCUT2D eigenvalue weighted by atomic mass is 10.2. The van der Waals surface area contributed by atoms with E-state index in [1.165, 1.54) is 27.7 Å². The molecular formula is C16H10ClN3OS2. The molecule has 0 spiro atoms. The van der Waals surface area contributed by atoms with Crippen molar-refractivity contribution >= 4 is 66.2 Å². The van der Waals surface area contributed by atoms with E-state index in [9.17, 15) is 4.79 Å². The van der Waals surface area contributed by atoms with E-state index in [-0.39, 0.29) is 5.91 Å². The Morgan fingerprint density at radius 3 is 2.87 bits per heavy atom. The normalized spacial score (nSPS) is 11.2. The predicted octanol–water partition coefficient (Wildman–Crippen LogP) is 4.68. The van der Waals surface area contributed by atoms with Crippen LogP contribution < -0.4 is 10.9 Å². The second-order valence-corrected chi connectivity index (χ2v) is 7.38. The van der Waals surface area contributed by atoms with Crippen molar-refractivity contribution in [2.45, 2.75) is 0 Å². The third-order valence-electron chi connectivity index (χ3n) is 3.50. The van der Waals surface area contributed by atoms with Crippen molar-refractivity contribution in [3.8, 4) is 0 Å². The van der Waals surface area contributed by atoms with Gasteiger partial charge in [-0.05, 0) is 47.9 Å². The summed E-state index contributed by atoms with van der Waals surface area (Å²) in [5.74, 6) is 5.79. The van der Waals surface area contributed by atoms with Crippen molar-refractivity contribution in [1.82, 2.24) is 4.98 Å². The van der Waals surface area contributed by atoms with Crippen LogP contribution in [0.5, 0.6) is 0 Å². The first-order valence-corrected chi connectivity index (χ1v) is 8.81. The van der Waals surface area contributed by atoms with Gasteiger partial charge in [0, 0.05) is 9.72 Å². The van der Waals surface area contributed by atoms with E-state index in [0.29, 0.717) is 15.6 Å². The molecule has 2 N–H and O–H groups in total. The number of hydrazine groups is 1. The van der Waals surface area contributed by atoms with Crippen molar-refractivity contribution < 1.29 is 4.79 Å². The Bertz CT molecular complexity index is 1040. The van der Waals surface area contributed by atoms with Gasteiger partial charge in [-0.1, -0.05) is 11.6 Å². The minimum absolute atomic E-state index is 0.244. The molecular weight excluding hydrogens is 350 g/mol. The zero-order valence-electron chi connectivity index (χ0n) is 11.7. The van der Waals surface area contributed by atoms with Crippen LogP contribution in [-0.4, -0.2) is 10.9 Å². The van der Waals surface area contributed by atoms with Gasteiger partial charge in [-0.15, -0.1) is 22.7 Å². The lowest BCUT2D eigenvalue weighted by Gasteiger charge is -2.15. The van der Waals surface area contributed by atoms with Crippen molar-refractivity contribution in [3.63, 3.8) is 0 Å². The van der Waals surface area contributed by atoms with E-state index in [1.807, 2.05) is 36.4 Å². The molecule has 0 fully saturated rings. The highest BCUT2D eigenvalue weighted by Gasteiger charge is 2.18. The van der Waals surface area contributed by atoms with Gasteiger partial charge in [-0.25, -0.2) is 15.8 Å². The van der Waals surface area contributed by atoms with Crippen LogP contribution in [0.15, 0.2) is 48.0 Å². The van der Waals surface area contributed by atoms with E-state index < -0.39 is 0 Å². The second kappa shape index (κ2) is 5.58. The Hall–Kier alpha value is -1.99. The highest BCUT2D eigenvalue weighted by atomic mass is 35.5. The third-order valence-corrected chi connectivity index (χ3v) is 5.63. The Labute approximate surface area is 144 Å². The van der Waals surface area contributed by atoms with Gasteiger partial charge in [0.15, 0.2) is 0 Å². The summed E-state index contributed by atoms with van der Waals surface area (Å²) in [6, 6.07) is 12.9. The van der Waals surface area contributed by atoms with Crippen molar-refractivity contribution in [2.24, 2.45) is 5.84 Å². The molecule has 1 amide bonds. The number of aromatic nitrogens is 1. The number of carbonyl (C=O) groups is 1. The molecule has 0 aliphatic heterocycles. The molecule has 4 nitrogen and oxygen atoms in total. The molecule has 2 heterocycles. The maximum atomic E-state index is 12.6. The average molecular weight is 360 g/mol. The molecule has 0 aliphatic carbocycles. The summed E-state index contributed by atoms with van der Waals surface area (Å²) in [5.41, 5.74) is 3.31. The molecule has 2 aromatic heterocycles. The first kappa shape index (κ1) is 14.6. The van der Waals surface area contributed by atoms with Gasteiger partial charge in [0.05, 0.1) is 26.3 Å². The summed E-state index contributed by atoms with van der Waals surface area (Å²) >= 11 is 8.91.